The van der Waals surface area contributed by atoms with Gasteiger partial charge in [-0.25, -0.2) is 23.6 Å². The maximum Gasteiger partial charge on any atom is 0.341 e. The van der Waals surface area contributed by atoms with Crippen LogP contribution in [-0.2, 0) is 20.8 Å². The van der Waals surface area contributed by atoms with Crippen molar-refractivity contribution in [1.82, 2.24) is 4.98 Å². The number of nitrogens with two attached hydrogens (primary N) is 1. The molecule has 11 heteroatoms. The molecule has 0 aliphatic heterocycles. The molecule has 0 saturated heterocycles. The Morgan fingerprint density at radius 3 is 2.43 bits per heavy atom. The largest absolute Gasteiger partial charge is 0.485 e. The summed E-state index contributed by atoms with van der Waals surface area (Å²) in [5.41, 5.74) is 4.15. The molecule has 1 radical (unpaired) electrons. The predicted octanol–water partition coefficient (Wildman–Crippen LogP) is 2.86. The molecule has 3 N–H and O–H groups in total. The molecular formula is C24H29BF2N3O5. The Morgan fingerprint density at radius 2 is 1.86 bits per heavy atom. The van der Waals surface area contributed by atoms with Gasteiger partial charge in [-0.3, -0.25) is 0 Å². The fourth-order valence-electron chi connectivity index (χ4n) is 2.44. The van der Waals surface area contributed by atoms with Crippen LogP contribution in [-0.4, -0.2) is 47.6 Å². The Hall–Kier alpha value is -3.31. The first kappa shape index (κ1) is 27.9. The van der Waals surface area contributed by atoms with Gasteiger partial charge in [0.15, 0.2) is 11.6 Å². The number of esters is 1. The molecule has 0 amide bonds. The van der Waals surface area contributed by atoms with E-state index in [1.54, 1.807) is 40.7 Å². The number of benzene rings is 1. The van der Waals surface area contributed by atoms with Gasteiger partial charge < -0.3 is 25.0 Å². The highest BCUT2D eigenvalue weighted by atomic mass is 19.1. The van der Waals surface area contributed by atoms with E-state index in [2.05, 4.69) is 9.98 Å². The van der Waals surface area contributed by atoms with E-state index >= 15 is 0 Å². The third-order valence-electron chi connectivity index (χ3n) is 5.15. The van der Waals surface area contributed by atoms with E-state index in [0.717, 1.165) is 24.4 Å². The number of aliphatic hydroxyl groups is 1. The van der Waals surface area contributed by atoms with Crippen LogP contribution in [0, 0.1) is 11.6 Å². The number of hydrogen-bond acceptors (Lipinski definition) is 8. The predicted molar refractivity (Wildman–Crippen MR) is 129 cm³/mol. The lowest BCUT2D eigenvalue weighted by molar-refractivity contribution is -0.137. The molecule has 1 aromatic heterocycles. The van der Waals surface area contributed by atoms with Crippen molar-refractivity contribution in [3.63, 3.8) is 0 Å². The molecule has 0 saturated carbocycles. The lowest BCUT2D eigenvalue weighted by Crippen LogP contribution is -2.49. The summed E-state index contributed by atoms with van der Waals surface area (Å²) >= 11 is 0. The topological polar surface area (TPSA) is 116 Å². The highest BCUT2D eigenvalue weighted by Gasteiger charge is 2.35. The van der Waals surface area contributed by atoms with Gasteiger partial charge in [-0.1, -0.05) is 0 Å². The molecule has 0 spiro atoms. The second kappa shape index (κ2) is 11.9. The van der Waals surface area contributed by atoms with Crippen molar-refractivity contribution < 1.29 is 32.8 Å². The van der Waals surface area contributed by atoms with Crippen LogP contribution in [0.25, 0.3) is 0 Å². The minimum absolute atomic E-state index is 0.00213. The number of aliphatic imine (C=N–C) groups is 1. The number of halogens is 2. The Balaban J connectivity index is 2.33. The molecule has 0 fully saturated rings. The third-order valence-corrected chi connectivity index (χ3v) is 5.15. The fraction of sp³-hybridized carbons (Fsp3) is 0.375. The van der Waals surface area contributed by atoms with Crippen LogP contribution >= 0.6 is 0 Å². The van der Waals surface area contributed by atoms with Crippen molar-refractivity contribution >= 4 is 30.9 Å². The Kier molecular flexibility index (Phi) is 9.50. The van der Waals surface area contributed by atoms with E-state index in [1.165, 1.54) is 19.9 Å². The third kappa shape index (κ3) is 8.15. The number of carbonyl (C=O) groups is 1. The smallest absolute Gasteiger partial charge is 0.341 e. The van der Waals surface area contributed by atoms with E-state index in [-0.39, 0.29) is 35.9 Å². The van der Waals surface area contributed by atoms with Gasteiger partial charge in [0.1, 0.15) is 18.2 Å². The Bertz CT molecular complexity index is 1080. The molecule has 8 nitrogen and oxygen atoms in total. The van der Waals surface area contributed by atoms with Crippen molar-refractivity contribution in [2.75, 3.05) is 6.61 Å². The summed E-state index contributed by atoms with van der Waals surface area (Å²) < 4.78 is 43.5. The summed E-state index contributed by atoms with van der Waals surface area (Å²) in [5.74, 6) is -1.93. The number of pyridine rings is 1. The molecule has 2 rings (SSSR count). The second-order valence-corrected chi connectivity index (χ2v) is 8.56. The Labute approximate surface area is 204 Å². The van der Waals surface area contributed by atoms with E-state index < -0.39 is 28.8 Å². The lowest BCUT2D eigenvalue weighted by atomic mass is 9.83. The highest BCUT2D eigenvalue weighted by Crippen LogP contribution is 2.26. The van der Waals surface area contributed by atoms with Crippen LogP contribution in [0.5, 0.6) is 5.75 Å². The normalized spacial score (nSPS) is 12.6. The maximum absolute atomic E-state index is 13.6. The summed E-state index contributed by atoms with van der Waals surface area (Å²) in [4.78, 5) is 20.3. The van der Waals surface area contributed by atoms with Gasteiger partial charge in [0.2, 0.25) is 0 Å². The molecule has 35 heavy (non-hydrogen) atoms. The average Bonchev–Trinajstić information content (AvgIpc) is 2.76. The molecular weight excluding hydrogens is 459 g/mol. The fourth-order valence-corrected chi connectivity index (χ4v) is 2.44. The van der Waals surface area contributed by atoms with E-state index in [1.807, 2.05) is 0 Å². The molecule has 0 bridgehead atoms. The van der Waals surface area contributed by atoms with Crippen LogP contribution in [0.3, 0.4) is 0 Å². The summed E-state index contributed by atoms with van der Waals surface area (Å²) in [5, 5.41) is 10.3. The van der Waals surface area contributed by atoms with Gasteiger partial charge in [0, 0.05) is 24.7 Å². The van der Waals surface area contributed by atoms with E-state index in [9.17, 15) is 18.7 Å². The molecule has 0 aliphatic carbocycles. The van der Waals surface area contributed by atoms with Crippen LogP contribution in [0.1, 0.15) is 40.2 Å². The molecule has 1 heterocycles. The van der Waals surface area contributed by atoms with Crippen molar-refractivity contribution in [3.8, 4) is 5.75 Å². The maximum atomic E-state index is 13.6. The standard InChI is InChI=1S/C24H29BF2N3O5/c1-6-33-22(31)16(11-28)12-29-21-20(34-14-15-7-18(26)10-19(27)8-15)9-17(13-30-21)25-35-24(4,5)23(2,3)32/h7-13,32H,6,14,28H2,1-5H3/b16-11+,29-12+. The number of rotatable bonds is 11. The number of aromatic nitrogens is 1. The minimum atomic E-state index is -1.14. The number of ether oxygens (including phenoxy) is 2. The minimum Gasteiger partial charge on any atom is -0.485 e. The van der Waals surface area contributed by atoms with Gasteiger partial charge in [0.25, 0.3) is 0 Å². The molecule has 2 aromatic rings. The zero-order valence-electron chi connectivity index (χ0n) is 20.3. The van der Waals surface area contributed by atoms with Crippen molar-refractivity contribution in [2.45, 2.75) is 52.4 Å². The quantitative estimate of drug-likeness (QED) is 0.216. The monoisotopic (exact) mass is 488 g/mol. The second-order valence-electron chi connectivity index (χ2n) is 8.56. The van der Waals surface area contributed by atoms with E-state index in [4.69, 9.17) is 19.9 Å². The van der Waals surface area contributed by atoms with Crippen LogP contribution < -0.4 is 15.9 Å². The average molecular weight is 488 g/mol. The van der Waals surface area contributed by atoms with Gasteiger partial charge >= 0.3 is 13.5 Å². The summed E-state index contributed by atoms with van der Waals surface area (Å²) in [6.45, 7) is 8.32. The van der Waals surface area contributed by atoms with Crippen LogP contribution in [0.4, 0.5) is 14.6 Å². The lowest BCUT2D eigenvalue weighted by Gasteiger charge is -2.37. The number of carbonyl (C=O) groups excluding carboxylic acids is 1. The van der Waals surface area contributed by atoms with Crippen molar-refractivity contribution in [1.29, 1.82) is 0 Å². The number of nitrogens with zero attached hydrogens (tertiary/aromatic N) is 2. The van der Waals surface area contributed by atoms with Crippen molar-refractivity contribution in [2.24, 2.45) is 10.7 Å². The first-order chi connectivity index (χ1) is 16.4. The first-order valence-electron chi connectivity index (χ1n) is 10.8. The first-order valence-corrected chi connectivity index (χ1v) is 10.8. The van der Waals surface area contributed by atoms with Gasteiger partial charge in [0.05, 0.1) is 23.4 Å². The highest BCUT2D eigenvalue weighted by molar-refractivity contribution is 6.47. The number of hydrogen-bond donors (Lipinski definition) is 2. The zero-order chi connectivity index (χ0) is 26.2. The zero-order valence-corrected chi connectivity index (χ0v) is 20.3. The van der Waals surface area contributed by atoms with E-state index in [0.29, 0.717) is 5.46 Å². The molecule has 0 atom stereocenters. The Morgan fingerprint density at radius 1 is 1.20 bits per heavy atom. The SMILES string of the molecule is CCOC(=O)C(/C=N/c1ncc([B]OC(C)(C)C(C)(C)O)cc1OCc1cc(F)cc(F)c1)=C/N. The molecule has 1 aromatic carbocycles. The van der Waals surface area contributed by atoms with Crippen LogP contribution in [0.2, 0.25) is 0 Å². The molecule has 0 unspecified atom stereocenters. The van der Waals surface area contributed by atoms with Crippen molar-refractivity contribution in [3.05, 3.63) is 59.4 Å². The van der Waals surface area contributed by atoms with Crippen LogP contribution in [0.15, 0.2) is 47.2 Å². The molecule has 187 valence electrons. The summed E-state index contributed by atoms with van der Waals surface area (Å²) in [6, 6.07) is 4.58. The molecule has 0 aliphatic rings. The van der Waals surface area contributed by atoms with Gasteiger partial charge in [-0.05, 0) is 63.8 Å². The van der Waals surface area contributed by atoms with Gasteiger partial charge in [-0.15, -0.1) is 0 Å². The summed E-state index contributed by atoms with van der Waals surface area (Å²) in [7, 11) is 1.40. The van der Waals surface area contributed by atoms with Gasteiger partial charge in [-0.2, -0.15) is 0 Å². The summed E-state index contributed by atoms with van der Waals surface area (Å²) in [6.07, 6.45) is 3.66.